The van der Waals surface area contributed by atoms with Crippen molar-refractivity contribution in [2.75, 3.05) is 13.1 Å². The second kappa shape index (κ2) is 8.03. The van der Waals surface area contributed by atoms with Gasteiger partial charge < -0.3 is 4.90 Å². The zero-order valence-corrected chi connectivity index (χ0v) is 16.3. The summed E-state index contributed by atoms with van der Waals surface area (Å²) in [5, 5.41) is 6.55. The first-order valence-electron chi connectivity index (χ1n) is 9.80. The number of amides is 1. The zero-order chi connectivity index (χ0) is 20.4. The van der Waals surface area contributed by atoms with E-state index < -0.39 is 11.5 Å². The average Bonchev–Trinajstić information content (AvgIpc) is 3.09. The number of hydrogen-bond acceptors (Lipinski definition) is 3. The molecule has 1 saturated heterocycles. The highest BCUT2D eigenvalue weighted by atomic mass is 19.1. The first-order valence-corrected chi connectivity index (χ1v) is 9.80. The Morgan fingerprint density at radius 2 is 1.83 bits per heavy atom. The van der Waals surface area contributed by atoms with E-state index >= 15 is 0 Å². The van der Waals surface area contributed by atoms with Crippen molar-refractivity contribution in [2.45, 2.75) is 26.2 Å². The van der Waals surface area contributed by atoms with Crippen molar-refractivity contribution in [3.8, 4) is 5.69 Å². The van der Waals surface area contributed by atoms with Gasteiger partial charge in [0.25, 0.3) is 5.91 Å². The lowest BCUT2D eigenvalue weighted by Crippen LogP contribution is -2.39. The highest BCUT2D eigenvalue weighted by Gasteiger charge is 2.26. The van der Waals surface area contributed by atoms with Crippen LogP contribution < -0.4 is 5.69 Å². The number of aryl methyl sites for hydroxylation is 1. The van der Waals surface area contributed by atoms with Crippen LogP contribution in [0.2, 0.25) is 0 Å². The molecule has 2 aromatic carbocycles. The highest BCUT2D eigenvalue weighted by Crippen LogP contribution is 2.24. The third-order valence-corrected chi connectivity index (χ3v) is 5.58. The van der Waals surface area contributed by atoms with Crippen LogP contribution in [0.15, 0.2) is 53.3 Å². The molecule has 4 rings (SSSR count). The molecule has 0 saturated carbocycles. The number of likely N-dealkylation sites (tertiary alicyclic amines) is 1. The number of aromatic nitrogens is 3. The topological polar surface area (TPSA) is 71.0 Å². The fraction of sp³-hybridized carbons (Fsp3) is 0.318. The van der Waals surface area contributed by atoms with E-state index in [-0.39, 0.29) is 17.5 Å². The molecule has 7 heteroatoms. The van der Waals surface area contributed by atoms with E-state index in [1.54, 1.807) is 18.2 Å². The van der Waals surface area contributed by atoms with Gasteiger partial charge in [0.2, 0.25) is 0 Å². The Balaban J connectivity index is 1.45. The van der Waals surface area contributed by atoms with Gasteiger partial charge in [-0.2, -0.15) is 5.10 Å². The Kier molecular flexibility index (Phi) is 5.29. The summed E-state index contributed by atoms with van der Waals surface area (Å²) in [5.74, 6) is 0.390. The smallest absolute Gasteiger partial charge is 0.339 e. The summed E-state index contributed by atoms with van der Waals surface area (Å²) in [7, 11) is 0. The number of hydrogen-bond donors (Lipinski definition) is 1. The summed E-state index contributed by atoms with van der Waals surface area (Å²) in [5.41, 5.74) is 1.47. The van der Waals surface area contributed by atoms with Crippen LogP contribution in [-0.2, 0) is 6.42 Å². The molecule has 150 valence electrons. The third-order valence-electron chi connectivity index (χ3n) is 5.58. The summed E-state index contributed by atoms with van der Waals surface area (Å²) in [6.07, 6.45) is 2.19. The van der Waals surface area contributed by atoms with Crippen molar-refractivity contribution < 1.29 is 9.18 Å². The lowest BCUT2D eigenvalue weighted by molar-refractivity contribution is 0.0689. The van der Waals surface area contributed by atoms with Crippen LogP contribution in [-0.4, -0.2) is 38.7 Å². The standard InChI is InChI=1S/C22H23FN4O2/c1-15-6-2-3-7-17(15)21(28)26-12-10-16(11-13-26)14-20-24-25-22(29)27(20)19-9-5-4-8-18(19)23/h2-9,16H,10-14H2,1H3,(H,25,29). The Morgan fingerprint density at radius 3 is 2.55 bits per heavy atom. The SMILES string of the molecule is Cc1ccccc1C(=O)N1CCC(Cc2n[nH]c(=O)n2-c2ccccc2F)CC1. The number of carbonyl (C=O) groups excluding carboxylic acids is 1. The van der Waals surface area contributed by atoms with Gasteiger partial charge in [-0.15, -0.1) is 0 Å². The number of piperidine rings is 1. The molecule has 0 unspecified atom stereocenters. The first-order chi connectivity index (χ1) is 14.0. The molecule has 29 heavy (non-hydrogen) atoms. The number of nitrogens with zero attached hydrogens (tertiary/aromatic N) is 3. The number of carbonyl (C=O) groups is 1. The van der Waals surface area contributed by atoms with Crippen molar-refractivity contribution in [2.24, 2.45) is 5.92 Å². The number of H-pyrrole nitrogens is 1. The molecule has 6 nitrogen and oxygen atoms in total. The van der Waals surface area contributed by atoms with Crippen molar-refractivity contribution in [1.29, 1.82) is 0 Å². The van der Waals surface area contributed by atoms with Gasteiger partial charge in [-0.3, -0.25) is 4.79 Å². The van der Waals surface area contributed by atoms with E-state index in [0.29, 0.717) is 25.3 Å². The van der Waals surface area contributed by atoms with Gasteiger partial charge in [-0.25, -0.2) is 18.9 Å². The molecule has 1 aliphatic heterocycles. The third kappa shape index (κ3) is 3.85. The van der Waals surface area contributed by atoms with Gasteiger partial charge in [-0.05, 0) is 49.4 Å². The van der Waals surface area contributed by atoms with Gasteiger partial charge in [0, 0.05) is 25.1 Å². The maximum absolute atomic E-state index is 14.2. The molecule has 1 aliphatic rings. The van der Waals surface area contributed by atoms with Crippen molar-refractivity contribution in [3.63, 3.8) is 0 Å². The monoisotopic (exact) mass is 394 g/mol. The van der Waals surface area contributed by atoms with Gasteiger partial charge in [-0.1, -0.05) is 30.3 Å². The summed E-state index contributed by atoms with van der Waals surface area (Å²) < 4.78 is 15.5. The number of para-hydroxylation sites is 1. The Morgan fingerprint density at radius 1 is 1.14 bits per heavy atom. The maximum Gasteiger partial charge on any atom is 0.348 e. The fourth-order valence-corrected chi connectivity index (χ4v) is 3.93. The van der Waals surface area contributed by atoms with E-state index in [9.17, 15) is 14.0 Å². The largest absolute Gasteiger partial charge is 0.348 e. The number of halogens is 1. The van der Waals surface area contributed by atoms with Crippen LogP contribution in [0.5, 0.6) is 0 Å². The van der Waals surface area contributed by atoms with E-state index in [0.717, 1.165) is 24.0 Å². The molecule has 3 aromatic rings. The zero-order valence-electron chi connectivity index (χ0n) is 16.3. The van der Waals surface area contributed by atoms with E-state index in [4.69, 9.17) is 0 Å². The van der Waals surface area contributed by atoms with Crippen LogP contribution >= 0.6 is 0 Å². The van der Waals surface area contributed by atoms with Crippen LogP contribution in [0, 0.1) is 18.7 Å². The van der Waals surface area contributed by atoms with Gasteiger partial charge >= 0.3 is 5.69 Å². The molecule has 1 amide bonds. The van der Waals surface area contributed by atoms with E-state index in [2.05, 4.69) is 10.2 Å². The first kappa shape index (κ1) is 19.1. The van der Waals surface area contributed by atoms with Crippen molar-refractivity contribution in [3.05, 3.63) is 81.8 Å². The van der Waals surface area contributed by atoms with Gasteiger partial charge in [0.05, 0.1) is 5.69 Å². The summed E-state index contributed by atoms with van der Waals surface area (Å²) >= 11 is 0. The normalized spacial score (nSPS) is 14.9. The van der Waals surface area contributed by atoms with Gasteiger partial charge in [0.1, 0.15) is 11.6 Å². The Labute approximate surface area is 168 Å². The quantitative estimate of drug-likeness (QED) is 0.739. The lowest BCUT2D eigenvalue weighted by Gasteiger charge is -2.32. The molecule has 0 atom stereocenters. The minimum absolute atomic E-state index is 0.0598. The second-order valence-electron chi connectivity index (χ2n) is 7.49. The van der Waals surface area contributed by atoms with Crippen LogP contribution in [0.1, 0.15) is 34.6 Å². The van der Waals surface area contributed by atoms with Crippen LogP contribution in [0.25, 0.3) is 5.69 Å². The van der Waals surface area contributed by atoms with E-state index in [1.807, 2.05) is 36.1 Å². The Hall–Kier alpha value is -3.22. The fourth-order valence-electron chi connectivity index (χ4n) is 3.93. The molecular formula is C22H23FN4O2. The summed E-state index contributed by atoms with van der Waals surface area (Å²) in [4.78, 5) is 26.9. The lowest BCUT2D eigenvalue weighted by atomic mass is 9.92. The molecule has 0 aliphatic carbocycles. The summed E-state index contributed by atoms with van der Waals surface area (Å²) in [6, 6.07) is 13.8. The predicted octanol–water partition coefficient (Wildman–Crippen LogP) is 3.10. The number of benzene rings is 2. The molecule has 0 bridgehead atoms. The molecule has 1 fully saturated rings. The molecule has 2 heterocycles. The molecule has 0 radical (unpaired) electrons. The van der Waals surface area contributed by atoms with Crippen LogP contribution in [0.4, 0.5) is 4.39 Å². The minimum Gasteiger partial charge on any atom is -0.339 e. The average molecular weight is 394 g/mol. The molecule has 0 spiro atoms. The Bertz CT molecular complexity index is 1080. The van der Waals surface area contributed by atoms with Crippen molar-refractivity contribution >= 4 is 5.91 Å². The van der Waals surface area contributed by atoms with Crippen LogP contribution in [0.3, 0.4) is 0 Å². The molecular weight excluding hydrogens is 371 g/mol. The van der Waals surface area contributed by atoms with E-state index in [1.165, 1.54) is 10.6 Å². The highest BCUT2D eigenvalue weighted by molar-refractivity contribution is 5.95. The molecule has 1 aromatic heterocycles. The molecule has 1 N–H and O–H groups in total. The summed E-state index contributed by atoms with van der Waals surface area (Å²) in [6.45, 7) is 3.26. The van der Waals surface area contributed by atoms with Crippen molar-refractivity contribution in [1.82, 2.24) is 19.7 Å². The minimum atomic E-state index is -0.462. The predicted molar refractivity (Wildman–Crippen MR) is 108 cm³/mol. The van der Waals surface area contributed by atoms with Gasteiger partial charge in [0.15, 0.2) is 0 Å². The number of aromatic amines is 1. The second-order valence-corrected chi connectivity index (χ2v) is 7.49. The maximum atomic E-state index is 14.2. The number of nitrogens with one attached hydrogen (secondary N) is 1. The number of rotatable bonds is 4.